The SMILES string of the molecule is CC(=O)NCCc1cccc2ccc(S(C)(=O)=O)cc12. The summed E-state index contributed by atoms with van der Waals surface area (Å²) in [4.78, 5) is 11.2. The van der Waals surface area contributed by atoms with Crippen LogP contribution >= 0.6 is 0 Å². The number of carbonyl (C=O) groups is 1. The van der Waals surface area contributed by atoms with E-state index in [0.29, 0.717) is 17.9 Å². The van der Waals surface area contributed by atoms with Crippen molar-refractivity contribution in [3.8, 4) is 0 Å². The van der Waals surface area contributed by atoms with Gasteiger partial charge in [0.2, 0.25) is 5.91 Å². The highest BCUT2D eigenvalue weighted by molar-refractivity contribution is 7.90. The van der Waals surface area contributed by atoms with Gasteiger partial charge in [-0.3, -0.25) is 4.79 Å². The molecule has 0 fully saturated rings. The number of rotatable bonds is 4. The van der Waals surface area contributed by atoms with Gasteiger partial charge in [-0.15, -0.1) is 0 Å². The second-order valence-corrected chi connectivity index (χ2v) is 6.82. The van der Waals surface area contributed by atoms with Gasteiger partial charge in [0.25, 0.3) is 0 Å². The van der Waals surface area contributed by atoms with E-state index in [-0.39, 0.29) is 5.91 Å². The molecule has 0 saturated heterocycles. The molecule has 0 aliphatic carbocycles. The zero-order valence-corrected chi connectivity index (χ0v) is 12.3. The van der Waals surface area contributed by atoms with Gasteiger partial charge < -0.3 is 5.32 Å². The van der Waals surface area contributed by atoms with Crippen LogP contribution in [0, 0.1) is 0 Å². The lowest BCUT2D eigenvalue weighted by atomic mass is 10.0. The fraction of sp³-hybridized carbons (Fsp3) is 0.267. The summed E-state index contributed by atoms with van der Waals surface area (Å²) in [5.41, 5.74) is 1.03. The van der Waals surface area contributed by atoms with Gasteiger partial charge in [-0.05, 0) is 34.9 Å². The van der Waals surface area contributed by atoms with Gasteiger partial charge in [-0.2, -0.15) is 0 Å². The van der Waals surface area contributed by atoms with E-state index in [4.69, 9.17) is 0 Å². The lowest BCUT2D eigenvalue weighted by molar-refractivity contribution is -0.118. The average Bonchev–Trinajstić information content (AvgIpc) is 2.37. The van der Waals surface area contributed by atoms with E-state index < -0.39 is 9.84 Å². The van der Waals surface area contributed by atoms with E-state index in [0.717, 1.165) is 16.3 Å². The maximum atomic E-state index is 11.6. The van der Waals surface area contributed by atoms with Crippen molar-refractivity contribution in [1.29, 1.82) is 0 Å². The van der Waals surface area contributed by atoms with E-state index in [1.54, 1.807) is 12.1 Å². The first kappa shape index (κ1) is 14.5. The summed E-state index contributed by atoms with van der Waals surface area (Å²) >= 11 is 0. The van der Waals surface area contributed by atoms with E-state index in [9.17, 15) is 13.2 Å². The standard InChI is InChI=1S/C15H17NO3S/c1-11(17)16-9-8-13-5-3-4-12-6-7-14(10-15(12)13)20(2,18)19/h3-7,10H,8-9H2,1-2H3,(H,16,17). The van der Waals surface area contributed by atoms with Gasteiger partial charge in [0.15, 0.2) is 9.84 Å². The molecule has 2 aromatic rings. The monoisotopic (exact) mass is 291 g/mol. The molecule has 0 bridgehead atoms. The van der Waals surface area contributed by atoms with Crippen molar-refractivity contribution < 1.29 is 13.2 Å². The molecule has 20 heavy (non-hydrogen) atoms. The highest BCUT2D eigenvalue weighted by Crippen LogP contribution is 2.23. The van der Waals surface area contributed by atoms with Crippen LogP contribution in [0.4, 0.5) is 0 Å². The smallest absolute Gasteiger partial charge is 0.216 e. The summed E-state index contributed by atoms with van der Waals surface area (Å²) in [6.45, 7) is 2.02. The molecule has 2 aromatic carbocycles. The van der Waals surface area contributed by atoms with Crippen molar-refractivity contribution in [1.82, 2.24) is 5.32 Å². The molecule has 106 valence electrons. The summed E-state index contributed by atoms with van der Waals surface area (Å²) in [6.07, 6.45) is 1.87. The van der Waals surface area contributed by atoms with Crippen LogP contribution in [-0.2, 0) is 21.1 Å². The van der Waals surface area contributed by atoms with E-state index in [1.807, 2.05) is 24.3 Å². The maximum Gasteiger partial charge on any atom is 0.216 e. The second kappa shape index (κ2) is 5.63. The topological polar surface area (TPSA) is 63.2 Å². The predicted octanol–water partition coefficient (Wildman–Crippen LogP) is 1.92. The molecule has 0 saturated carbocycles. The third-order valence-corrected chi connectivity index (χ3v) is 4.25. The number of hydrogen-bond donors (Lipinski definition) is 1. The van der Waals surface area contributed by atoms with Gasteiger partial charge >= 0.3 is 0 Å². The Morgan fingerprint density at radius 3 is 2.60 bits per heavy atom. The molecule has 0 aliphatic rings. The Morgan fingerprint density at radius 1 is 1.20 bits per heavy atom. The highest BCUT2D eigenvalue weighted by atomic mass is 32.2. The van der Waals surface area contributed by atoms with Crippen LogP contribution in [0.2, 0.25) is 0 Å². The Morgan fingerprint density at radius 2 is 1.95 bits per heavy atom. The lowest BCUT2D eigenvalue weighted by Gasteiger charge is -2.08. The molecule has 1 N–H and O–H groups in total. The molecule has 0 spiro atoms. The van der Waals surface area contributed by atoms with Crippen molar-refractivity contribution in [2.24, 2.45) is 0 Å². The Bertz CT molecular complexity index is 751. The Kier molecular flexibility index (Phi) is 4.09. The average molecular weight is 291 g/mol. The maximum absolute atomic E-state index is 11.6. The molecule has 0 aliphatic heterocycles. The number of hydrogen-bond acceptors (Lipinski definition) is 3. The summed E-state index contributed by atoms with van der Waals surface area (Å²) < 4.78 is 23.3. The van der Waals surface area contributed by atoms with Gasteiger partial charge in [0.1, 0.15) is 0 Å². The quantitative estimate of drug-likeness (QED) is 0.936. The zero-order valence-electron chi connectivity index (χ0n) is 11.5. The van der Waals surface area contributed by atoms with Crippen molar-refractivity contribution in [2.75, 3.05) is 12.8 Å². The van der Waals surface area contributed by atoms with Crippen molar-refractivity contribution in [3.05, 3.63) is 42.0 Å². The third-order valence-electron chi connectivity index (χ3n) is 3.14. The molecular weight excluding hydrogens is 274 g/mol. The lowest BCUT2D eigenvalue weighted by Crippen LogP contribution is -2.22. The minimum atomic E-state index is -3.21. The molecular formula is C15H17NO3S. The van der Waals surface area contributed by atoms with Gasteiger partial charge in [0.05, 0.1) is 4.90 Å². The molecule has 2 rings (SSSR count). The molecule has 0 aromatic heterocycles. The summed E-state index contributed by atoms with van der Waals surface area (Å²) in [6, 6.07) is 11.0. The number of benzene rings is 2. The number of amides is 1. The summed E-state index contributed by atoms with van der Waals surface area (Å²) in [7, 11) is -3.21. The molecule has 0 atom stereocenters. The number of carbonyl (C=O) groups excluding carboxylic acids is 1. The number of sulfone groups is 1. The third kappa shape index (κ3) is 3.36. The van der Waals surface area contributed by atoms with Gasteiger partial charge in [0, 0.05) is 19.7 Å². The number of nitrogens with one attached hydrogen (secondary N) is 1. The molecule has 0 radical (unpaired) electrons. The highest BCUT2D eigenvalue weighted by Gasteiger charge is 2.09. The van der Waals surface area contributed by atoms with E-state index >= 15 is 0 Å². The predicted molar refractivity (Wildman–Crippen MR) is 79.4 cm³/mol. The van der Waals surface area contributed by atoms with Gasteiger partial charge in [-0.25, -0.2) is 8.42 Å². The number of fused-ring (bicyclic) bond motifs is 1. The van der Waals surface area contributed by atoms with Crippen LogP contribution < -0.4 is 5.32 Å². The fourth-order valence-corrected chi connectivity index (χ4v) is 2.79. The minimum Gasteiger partial charge on any atom is -0.356 e. The van der Waals surface area contributed by atoms with Gasteiger partial charge in [-0.1, -0.05) is 24.3 Å². The Labute approximate surface area is 118 Å². The minimum absolute atomic E-state index is 0.0675. The first-order chi connectivity index (χ1) is 9.38. The molecule has 1 amide bonds. The molecule has 0 heterocycles. The van der Waals surface area contributed by atoms with Crippen molar-refractivity contribution in [2.45, 2.75) is 18.2 Å². The van der Waals surface area contributed by atoms with Crippen LogP contribution in [0.1, 0.15) is 12.5 Å². The van der Waals surface area contributed by atoms with Crippen LogP contribution in [0.5, 0.6) is 0 Å². The van der Waals surface area contributed by atoms with Crippen molar-refractivity contribution in [3.63, 3.8) is 0 Å². The largest absolute Gasteiger partial charge is 0.356 e. The summed E-state index contributed by atoms with van der Waals surface area (Å²) in [5.74, 6) is -0.0675. The normalized spacial score (nSPS) is 11.5. The molecule has 0 unspecified atom stereocenters. The first-order valence-electron chi connectivity index (χ1n) is 6.34. The Hall–Kier alpha value is -1.88. The van der Waals surface area contributed by atoms with Crippen LogP contribution in [0.25, 0.3) is 10.8 Å². The fourth-order valence-electron chi connectivity index (χ4n) is 2.14. The Balaban J connectivity index is 2.41. The van der Waals surface area contributed by atoms with Crippen LogP contribution in [-0.4, -0.2) is 27.1 Å². The van der Waals surface area contributed by atoms with E-state index in [1.165, 1.54) is 13.2 Å². The zero-order chi connectivity index (χ0) is 14.8. The molecule has 4 nitrogen and oxygen atoms in total. The molecule has 5 heteroatoms. The van der Waals surface area contributed by atoms with E-state index in [2.05, 4.69) is 5.32 Å². The van der Waals surface area contributed by atoms with Crippen molar-refractivity contribution >= 4 is 26.5 Å². The summed E-state index contributed by atoms with van der Waals surface area (Å²) in [5, 5.41) is 4.66. The van der Waals surface area contributed by atoms with Crippen LogP contribution in [0.3, 0.4) is 0 Å². The van der Waals surface area contributed by atoms with Crippen LogP contribution in [0.15, 0.2) is 41.3 Å². The first-order valence-corrected chi connectivity index (χ1v) is 8.23. The second-order valence-electron chi connectivity index (χ2n) is 4.81.